The lowest BCUT2D eigenvalue weighted by Gasteiger charge is -2.27. The summed E-state index contributed by atoms with van der Waals surface area (Å²) in [5.74, 6) is -2.55. The first-order chi connectivity index (χ1) is 13.3. The number of carboxylic acids is 1. The van der Waals surface area contributed by atoms with Gasteiger partial charge in [-0.05, 0) is 37.5 Å². The molecule has 29 heavy (non-hydrogen) atoms. The molecule has 0 saturated carbocycles. The maximum absolute atomic E-state index is 12.9. The van der Waals surface area contributed by atoms with E-state index in [-0.39, 0.29) is 17.8 Å². The van der Waals surface area contributed by atoms with Crippen LogP contribution in [0.15, 0.2) is 0 Å². The fraction of sp³-hybridized carbons (Fsp3) is 0.800. The quantitative estimate of drug-likeness (QED) is 0.316. The van der Waals surface area contributed by atoms with Crippen LogP contribution in [0, 0.1) is 17.8 Å². The third kappa shape index (κ3) is 10.3. The molecule has 0 aromatic carbocycles. The van der Waals surface area contributed by atoms with E-state index in [1.165, 1.54) is 6.92 Å². The minimum absolute atomic E-state index is 0.0821. The first-order valence-corrected chi connectivity index (χ1v) is 10.2. The highest BCUT2D eigenvalue weighted by molar-refractivity contribution is 5.94. The number of rotatable bonds is 12. The molecule has 0 spiro atoms. The van der Waals surface area contributed by atoms with Gasteiger partial charge in [0.15, 0.2) is 0 Å². The van der Waals surface area contributed by atoms with E-state index in [0.717, 1.165) is 0 Å². The van der Waals surface area contributed by atoms with Crippen molar-refractivity contribution in [2.24, 2.45) is 23.5 Å². The van der Waals surface area contributed by atoms with Crippen LogP contribution in [0.4, 0.5) is 0 Å². The molecule has 0 saturated heterocycles. The Morgan fingerprint density at radius 3 is 1.45 bits per heavy atom. The number of aliphatic carboxylic acids is 1. The molecule has 0 aliphatic heterocycles. The predicted molar refractivity (Wildman–Crippen MR) is 111 cm³/mol. The molecule has 3 amide bonds. The van der Waals surface area contributed by atoms with Gasteiger partial charge in [0.25, 0.3) is 0 Å². The van der Waals surface area contributed by atoms with E-state index in [1.807, 2.05) is 41.5 Å². The third-order valence-corrected chi connectivity index (χ3v) is 4.43. The van der Waals surface area contributed by atoms with Gasteiger partial charge < -0.3 is 26.8 Å². The molecule has 0 heterocycles. The minimum atomic E-state index is -1.17. The Bertz CT molecular complexity index is 577. The Balaban J connectivity index is 5.36. The molecule has 0 aliphatic carbocycles. The first kappa shape index (κ1) is 26.8. The van der Waals surface area contributed by atoms with Crippen molar-refractivity contribution in [2.75, 3.05) is 0 Å². The fourth-order valence-electron chi connectivity index (χ4n) is 2.62. The van der Waals surface area contributed by atoms with Gasteiger partial charge in [0.05, 0.1) is 6.04 Å². The highest BCUT2D eigenvalue weighted by Crippen LogP contribution is 2.10. The van der Waals surface area contributed by atoms with Crippen molar-refractivity contribution in [2.45, 2.75) is 85.5 Å². The van der Waals surface area contributed by atoms with E-state index in [1.54, 1.807) is 0 Å². The van der Waals surface area contributed by atoms with Crippen LogP contribution in [0.2, 0.25) is 0 Å². The number of hydrogen-bond acceptors (Lipinski definition) is 5. The monoisotopic (exact) mass is 414 g/mol. The Hall–Kier alpha value is -2.16. The Kier molecular flexibility index (Phi) is 11.5. The van der Waals surface area contributed by atoms with Gasteiger partial charge in [0.1, 0.15) is 18.1 Å². The van der Waals surface area contributed by atoms with Crippen molar-refractivity contribution in [1.82, 2.24) is 16.0 Å². The molecule has 9 heteroatoms. The van der Waals surface area contributed by atoms with Crippen LogP contribution >= 0.6 is 0 Å². The van der Waals surface area contributed by atoms with Gasteiger partial charge >= 0.3 is 5.97 Å². The third-order valence-electron chi connectivity index (χ3n) is 4.43. The predicted octanol–water partition coefficient (Wildman–Crippen LogP) is 0.621. The van der Waals surface area contributed by atoms with Crippen molar-refractivity contribution in [1.29, 1.82) is 0 Å². The summed E-state index contributed by atoms with van der Waals surface area (Å²) in [6, 6.07) is -3.57. The lowest BCUT2D eigenvalue weighted by atomic mass is 9.99. The van der Waals surface area contributed by atoms with Gasteiger partial charge in [-0.1, -0.05) is 41.5 Å². The second-order valence-corrected chi connectivity index (χ2v) is 8.72. The molecule has 0 aliphatic rings. The van der Waals surface area contributed by atoms with Gasteiger partial charge in [-0.15, -0.1) is 0 Å². The summed E-state index contributed by atoms with van der Waals surface area (Å²) in [6.45, 7) is 12.6. The van der Waals surface area contributed by atoms with E-state index in [9.17, 15) is 19.2 Å². The van der Waals surface area contributed by atoms with Crippen LogP contribution in [0.5, 0.6) is 0 Å². The molecule has 0 radical (unpaired) electrons. The standard InChI is InChI=1S/C20H38N4O5/c1-10(2)8-14(17(25)22-13(7)20(28)29)23-18(26)15(9-11(3)4)24-19(27)16(21)12(5)6/h10-16H,8-9,21H2,1-7H3,(H,22,25)(H,23,26)(H,24,27)(H,28,29). The van der Waals surface area contributed by atoms with Crippen LogP contribution in [0.3, 0.4) is 0 Å². The molecule has 0 aromatic heterocycles. The second kappa shape index (κ2) is 12.4. The lowest BCUT2D eigenvalue weighted by Crippen LogP contribution is -2.57. The zero-order chi connectivity index (χ0) is 22.9. The van der Waals surface area contributed by atoms with E-state index < -0.39 is 47.9 Å². The van der Waals surface area contributed by atoms with Crippen LogP contribution in [-0.4, -0.2) is 53.0 Å². The largest absolute Gasteiger partial charge is 0.480 e. The van der Waals surface area contributed by atoms with Gasteiger partial charge in [0, 0.05) is 0 Å². The number of carbonyl (C=O) groups excluding carboxylic acids is 3. The molecular formula is C20H38N4O5. The summed E-state index contributed by atoms with van der Waals surface area (Å²) in [7, 11) is 0. The summed E-state index contributed by atoms with van der Waals surface area (Å²) in [5, 5.41) is 16.7. The summed E-state index contributed by atoms with van der Waals surface area (Å²) in [6.07, 6.45) is 0.710. The second-order valence-electron chi connectivity index (χ2n) is 8.72. The van der Waals surface area contributed by atoms with Gasteiger partial charge in [-0.25, -0.2) is 0 Å². The van der Waals surface area contributed by atoms with E-state index in [0.29, 0.717) is 12.8 Å². The van der Waals surface area contributed by atoms with Crippen LogP contribution in [0.25, 0.3) is 0 Å². The van der Waals surface area contributed by atoms with Crippen LogP contribution in [-0.2, 0) is 19.2 Å². The number of amides is 3. The number of nitrogens with one attached hydrogen (secondary N) is 3. The van der Waals surface area contributed by atoms with Gasteiger partial charge in [-0.2, -0.15) is 0 Å². The van der Waals surface area contributed by atoms with Crippen molar-refractivity contribution in [3.8, 4) is 0 Å². The zero-order valence-corrected chi connectivity index (χ0v) is 18.6. The summed E-state index contributed by atoms with van der Waals surface area (Å²) in [5.41, 5.74) is 5.87. The van der Waals surface area contributed by atoms with Crippen molar-refractivity contribution in [3.05, 3.63) is 0 Å². The first-order valence-electron chi connectivity index (χ1n) is 10.2. The smallest absolute Gasteiger partial charge is 0.325 e. The molecular weight excluding hydrogens is 376 g/mol. The molecule has 4 atom stereocenters. The SMILES string of the molecule is CC(C)CC(NC(=O)C(CC(C)C)NC(=O)C(N)C(C)C)C(=O)NC(C)C(=O)O. The summed E-state index contributed by atoms with van der Waals surface area (Å²) >= 11 is 0. The zero-order valence-electron chi connectivity index (χ0n) is 18.6. The minimum Gasteiger partial charge on any atom is -0.480 e. The molecule has 0 aromatic rings. The molecule has 0 rings (SSSR count). The van der Waals surface area contributed by atoms with Crippen LogP contribution < -0.4 is 21.7 Å². The Morgan fingerprint density at radius 2 is 1.10 bits per heavy atom. The van der Waals surface area contributed by atoms with E-state index in [4.69, 9.17) is 10.8 Å². The molecule has 6 N–H and O–H groups in total. The number of hydrogen-bond donors (Lipinski definition) is 5. The highest BCUT2D eigenvalue weighted by atomic mass is 16.4. The maximum Gasteiger partial charge on any atom is 0.325 e. The van der Waals surface area contributed by atoms with E-state index >= 15 is 0 Å². The van der Waals surface area contributed by atoms with Gasteiger partial charge in [0.2, 0.25) is 17.7 Å². The lowest BCUT2D eigenvalue weighted by molar-refractivity contribution is -0.142. The Labute approximate surface area is 173 Å². The topological polar surface area (TPSA) is 151 Å². The summed E-state index contributed by atoms with van der Waals surface area (Å²) in [4.78, 5) is 48.7. The average molecular weight is 415 g/mol. The molecule has 0 bridgehead atoms. The van der Waals surface area contributed by atoms with Crippen molar-refractivity contribution >= 4 is 23.7 Å². The van der Waals surface area contributed by atoms with Crippen molar-refractivity contribution < 1.29 is 24.3 Å². The molecule has 4 unspecified atom stereocenters. The molecule has 9 nitrogen and oxygen atoms in total. The van der Waals surface area contributed by atoms with Gasteiger partial charge in [-0.3, -0.25) is 19.2 Å². The fourth-order valence-corrected chi connectivity index (χ4v) is 2.62. The number of nitrogens with two attached hydrogens (primary N) is 1. The summed E-state index contributed by atoms with van der Waals surface area (Å²) < 4.78 is 0. The van der Waals surface area contributed by atoms with E-state index in [2.05, 4.69) is 16.0 Å². The normalized spacial score (nSPS) is 15.6. The number of carbonyl (C=O) groups is 4. The highest BCUT2D eigenvalue weighted by Gasteiger charge is 2.30. The average Bonchev–Trinajstić information content (AvgIpc) is 2.58. The molecule has 168 valence electrons. The van der Waals surface area contributed by atoms with Crippen LogP contribution in [0.1, 0.15) is 61.3 Å². The maximum atomic E-state index is 12.9. The molecule has 0 fully saturated rings. The number of carboxylic acid groups (broad SMARTS) is 1. The Morgan fingerprint density at radius 1 is 0.724 bits per heavy atom. The van der Waals surface area contributed by atoms with Crippen molar-refractivity contribution in [3.63, 3.8) is 0 Å².